The first-order chi connectivity index (χ1) is 8.85. The minimum atomic E-state index is 0.340. The molecule has 2 heteroatoms. The molecule has 18 heavy (non-hydrogen) atoms. The molecule has 0 fully saturated rings. The highest BCUT2D eigenvalue weighted by atomic mass is 16.5. The normalized spacial score (nSPS) is 20.1. The SMILES string of the molecule is C\C=C/C(=C\C=C\O)C1COc2ccccc2C1. The van der Waals surface area contributed by atoms with Crippen molar-refractivity contribution in [2.24, 2.45) is 5.92 Å². The molecule has 1 aromatic rings. The summed E-state index contributed by atoms with van der Waals surface area (Å²) in [6.45, 7) is 2.68. The Bertz CT molecular complexity index is 484. The van der Waals surface area contributed by atoms with Crippen molar-refractivity contribution in [3.63, 3.8) is 0 Å². The van der Waals surface area contributed by atoms with Crippen molar-refractivity contribution in [2.45, 2.75) is 13.3 Å². The zero-order valence-electron chi connectivity index (χ0n) is 10.5. The van der Waals surface area contributed by atoms with Crippen LogP contribution in [0.4, 0.5) is 0 Å². The summed E-state index contributed by atoms with van der Waals surface area (Å²) in [7, 11) is 0. The Balaban J connectivity index is 2.20. The van der Waals surface area contributed by atoms with Gasteiger partial charge >= 0.3 is 0 Å². The van der Waals surface area contributed by atoms with Crippen LogP contribution in [0.15, 0.2) is 60.4 Å². The maximum atomic E-state index is 8.76. The van der Waals surface area contributed by atoms with Gasteiger partial charge in [-0.05, 0) is 36.6 Å². The Kier molecular flexibility index (Phi) is 4.24. The first-order valence-electron chi connectivity index (χ1n) is 6.19. The Labute approximate surface area is 108 Å². The van der Waals surface area contributed by atoms with Gasteiger partial charge in [-0.15, -0.1) is 0 Å². The Morgan fingerprint density at radius 3 is 3.00 bits per heavy atom. The summed E-state index contributed by atoms with van der Waals surface area (Å²) in [6.07, 6.45) is 9.70. The molecule has 0 saturated heterocycles. The van der Waals surface area contributed by atoms with Crippen LogP contribution >= 0.6 is 0 Å². The van der Waals surface area contributed by atoms with E-state index in [0.717, 1.165) is 18.4 Å². The molecule has 1 aliphatic heterocycles. The highest BCUT2D eigenvalue weighted by Crippen LogP contribution is 2.30. The monoisotopic (exact) mass is 242 g/mol. The Hall–Kier alpha value is -1.96. The molecule has 0 spiro atoms. The van der Waals surface area contributed by atoms with Crippen molar-refractivity contribution in [2.75, 3.05) is 6.61 Å². The molecule has 0 aromatic heterocycles. The average Bonchev–Trinajstić information content (AvgIpc) is 2.43. The number of ether oxygens (including phenoxy) is 1. The van der Waals surface area contributed by atoms with E-state index in [1.54, 1.807) is 6.08 Å². The Morgan fingerprint density at radius 1 is 1.39 bits per heavy atom. The van der Waals surface area contributed by atoms with Crippen molar-refractivity contribution in [1.29, 1.82) is 0 Å². The third-order valence-corrected chi connectivity index (χ3v) is 3.08. The molecule has 2 nitrogen and oxygen atoms in total. The summed E-state index contributed by atoms with van der Waals surface area (Å²) >= 11 is 0. The van der Waals surface area contributed by atoms with E-state index in [1.165, 1.54) is 11.1 Å². The van der Waals surface area contributed by atoms with Gasteiger partial charge in [0.05, 0.1) is 12.9 Å². The lowest BCUT2D eigenvalue weighted by molar-refractivity contribution is 0.245. The lowest BCUT2D eigenvalue weighted by Crippen LogP contribution is -2.22. The van der Waals surface area contributed by atoms with E-state index in [0.29, 0.717) is 12.5 Å². The topological polar surface area (TPSA) is 29.5 Å². The number of allylic oxidation sites excluding steroid dienone is 4. The van der Waals surface area contributed by atoms with Crippen molar-refractivity contribution in [1.82, 2.24) is 0 Å². The summed E-state index contributed by atoms with van der Waals surface area (Å²) in [4.78, 5) is 0. The number of hydrogen-bond acceptors (Lipinski definition) is 2. The van der Waals surface area contributed by atoms with Gasteiger partial charge in [0.1, 0.15) is 5.75 Å². The van der Waals surface area contributed by atoms with Crippen molar-refractivity contribution in [3.8, 4) is 5.75 Å². The molecule has 1 aromatic carbocycles. The Morgan fingerprint density at radius 2 is 2.22 bits per heavy atom. The second kappa shape index (κ2) is 6.10. The fourth-order valence-electron chi connectivity index (χ4n) is 2.22. The van der Waals surface area contributed by atoms with E-state index in [4.69, 9.17) is 9.84 Å². The zero-order chi connectivity index (χ0) is 12.8. The molecule has 0 bridgehead atoms. The predicted molar refractivity (Wildman–Crippen MR) is 73.8 cm³/mol. The van der Waals surface area contributed by atoms with Gasteiger partial charge in [0, 0.05) is 5.92 Å². The number of hydrogen-bond donors (Lipinski definition) is 1. The molecule has 2 rings (SSSR count). The van der Waals surface area contributed by atoms with Gasteiger partial charge < -0.3 is 9.84 Å². The molecule has 0 amide bonds. The minimum absolute atomic E-state index is 0.340. The summed E-state index contributed by atoms with van der Waals surface area (Å²) in [5, 5.41) is 8.76. The van der Waals surface area contributed by atoms with Crippen LogP contribution in [0.5, 0.6) is 5.75 Å². The van der Waals surface area contributed by atoms with Crippen LogP contribution in [0, 0.1) is 5.92 Å². The van der Waals surface area contributed by atoms with Crippen LogP contribution in [0.3, 0.4) is 0 Å². The lowest BCUT2D eigenvalue weighted by Gasteiger charge is -2.26. The first kappa shape index (κ1) is 12.5. The van der Waals surface area contributed by atoms with Crippen LogP contribution < -0.4 is 4.74 Å². The number of rotatable bonds is 3. The molecule has 1 atom stereocenters. The van der Waals surface area contributed by atoms with Gasteiger partial charge in [0.15, 0.2) is 0 Å². The molecule has 1 N–H and O–H groups in total. The third kappa shape index (κ3) is 2.83. The standard InChI is InChI=1S/C16H18O2/c1-2-6-13(8-5-10-17)15-11-14-7-3-4-9-16(14)18-12-15/h2-10,15,17H,11-12H2,1H3/b6-2-,10-5+,13-8+. The molecule has 94 valence electrons. The fourth-order valence-corrected chi connectivity index (χ4v) is 2.22. The molecular formula is C16H18O2. The van der Waals surface area contributed by atoms with Crippen molar-refractivity contribution >= 4 is 0 Å². The van der Waals surface area contributed by atoms with Gasteiger partial charge in [-0.25, -0.2) is 0 Å². The van der Waals surface area contributed by atoms with Crippen LogP contribution in [0.25, 0.3) is 0 Å². The van der Waals surface area contributed by atoms with Crippen molar-refractivity contribution in [3.05, 3.63) is 66.0 Å². The second-order valence-corrected chi connectivity index (χ2v) is 4.33. The number of para-hydroxylation sites is 1. The molecular weight excluding hydrogens is 224 g/mol. The maximum absolute atomic E-state index is 8.76. The molecule has 1 heterocycles. The predicted octanol–water partition coefficient (Wildman–Crippen LogP) is 3.81. The highest BCUT2D eigenvalue weighted by Gasteiger charge is 2.21. The summed E-state index contributed by atoms with van der Waals surface area (Å²) in [5.41, 5.74) is 2.43. The summed E-state index contributed by atoms with van der Waals surface area (Å²) < 4.78 is 5.78. The quantitative estimate of drug-likeness (QED) is 0.645. The van der Waals surface area contributed by atoms with Crippen molar-refractivity contribution < 1.29 is 9.84 Å². The second-order valence-electron chi connectivity index (χ2n) is 4.33. The lowest BCUT2D eigenvalue weighted by atomic mass is 9.89. The first-order valence-corrected chi connectivity index (χ1v) is 6.19. The number of aliphatic hydroxyl groups is 1. The highest BCUT2D eigenvalue weighted by molar-refractivity contribution is 5.38. The third-order valence-electron chi connectivity index (χ3n) is 3.08. The van der Waals surface area contributed by atoms with Crippen LogP contribution in [0.2, 0.25) is 0 Å². The van der Waals surface area contributed by atoms with E-state index in [2.05, 4.69) is 12.1 Å². The van der Waals surface area contributed by atoms with Crippen LogP contribution in [0.1, 0.15) is 12.5 Å². The minimum Gasteiger partial charge on any atom is -0.516 e. The van der Waals surface area contributed by atoms with Gasteiger partial charge in [-0.3, -0.25) is 0 Å². The molecule has 0 aliphatic carbocycles. The number of fused-ring (bicyclic) bond motifs is 1. The van der Waals surface area contributed by atoms with E-state index < -0.39 is 0 Å². The summed E-state index contributed by atoms with van der Waals surface area (Å²) in [5.74, 6) is 1.33. The van der Waals surface area contributed by atoms with E-state index in [1.807, 2.05) is 37.3 Å². The van der Waals surface area contributed by atoms with E-state index >= 15 is 0 Å². The van der Waals surface area contributed by atoms with Crippen LogP contribution in [-0.2, 0) is 6.42 Å². The number of benzene rings is 1. The van der Waals surface area contributed by atoms with Gasteiger partial charge in [-0.2, -0.15) is 0 Å². The molecule has 0 saturated carbocycles. The maximum Gasteiger partial charge on any atom is 0.122 e. The largest absolute Gasteiger partial charge is 0.516 e. The average molecular weight is 242 g/mol. The van der Waals surface area contributed by atoms with E-state index in [9.17, 15) is 0 Å². The van der Waals surface area contributed by atoms with Gasteiger partial charge in [0.25, 0.3) is 0 Å². The molecule has 1 aliphatic rings. The smallest absolute Gasteiger partial charge is 0.122 e. The van der Waals surface area contributed by atoms with Gasteiger partial charge in [0.2, 0.25) is 0 Å². The van der Waals surface area contributed by atoms with E-state index in [-0.39, 0.29) is 0 Å². The molecule has 1 unspecified atom stereocenters. The van der Waals surface area contributed by atoms with Crippen LogP contribution in [-0.4, -0.2) is 11.7 Å². The number of aliphatic hydroxyl groups excluding tert-OH is 1. The van der Waals surface area contributed by atoms with Gasteiger partial charge in [-0.1, -0.05) is 36.4 Å². The summed E-state index contributed by atoms with van der Waals surface area (Å²) in [6, 6.07) is 8.16. The zero-order valence-corrected chi connectivity index (χ0v) is 10.5. The molecule has 0 radical (unpaired) electrons. The fraction of sp³-hybridized carbons (Fsp3) is 0.250.